The van der Waals surface area contributed by atoms with Gasteiger partial charge in [0.1, 0.15) is 11.9 Å². The Morgan fingerprint density at radius 1 is 1.25 bits per heavy atom. The zero-order valence-corrected chi connectivity index (χ0v) is 10.8. The fourth-order valence-corrected chi connectivity index (χ4v) is 2.69. The molecular formula is C16H14FNO2. The fourth-order valence-electron chi connectivity index (χ4n) is 2.69. The van der Waals surface area contributed by atoms with E-state index in [0.717, 1.165) is 29.5 Å². The molecule has 0 saturated heterocycles. The summed E-state index contributed by atoms with van der Waals surface area (Å²) in [4.78, 5) is 10.9. The van der Waals surface area contributed by atoms with Crippen molar-refractivity contribution < 1.29 is 13.9 Å². The van der Waals surface area contributed by atoms with Crippen LogP contribution in [0.4, 0.5) is 9.18 Å². The lowest BCUT2D eigenvalue weighted by Gasteiger charge is -2.13. The Kier molecular flexibility index (Phi) is 3.14. The summed E-state index contributed by atoms with van der Waals surface area (Å²) in [6, 6.07) is 12.4. The van der Waals surface area contributed by atoms with E-state index in [2.05, 4.69) is 0 Å². The number of ether oxygens (including phenoxy) is 1. The second kappa shape index (κ2) is 4.96. The molecule has 102 valence electrons. The predicted molar refractivity (Wildman–Crippen MR) is 73.6 cm³/mol. The number of nitrogens with two attached hydrogens (primary N) is 1. The summed E-state index contributed by atoms with van der Waals surface area (Å²) in [6.07, 6.45) is 0.456. The van der Waals surface area contributed by atoms with Gasteiger partial charge in [0, 0.05) is 5.56 Å². The van der Waals surface area contributed by atoms with E-state index in [4.69, 9.17) is 10.5 Å². The van der Waals surface area contributed by atoms with Gasteiger partial charge in [0.05, 0.1) is 0 Å². The molecule has 1 unspecified atom stereocenters. The standard InChI is InChI=1S/C16H14FNO2/c17-14-4-2-1-3-12(14)11-6-5-10-7-8-15(13(10)9-11)20-16(18)19/h1-6,9,15H,7-8H2,(H2,18,19). The van der Waals surface area contributed by atoms with Crippen molar-refractivity contribution >= 4 is 6.09 Å². The number of primary amides is 1. The number of benzene rings is 2. The van der Waals surface area contributed by atoms with Gasteiger partial charge in [0.2, 0.25) is 0 Å². The van der Waals surface area contributed by atoms with Crippen molar-refractivity contribution in [3.63, 3.8) is 0 Å². The molecule has 1 amide bonds. The smallest absolute Gasteiger partial charge is 0.405 e. The van der Waals surface area contributed by atoms with Crippen LogP contribution in [-0.4, -0.2) is 6.09 Å². The molecule has 0 heterocycles. The average molecular weight is 271 g/mol. The van der Waals surface area contributed by atoms with Gasteiger partial charge in [-0.05, 0) is 41.7 Å². The molecule has 0 fully saturated rings. The topological polar surface area (TPSA) is 52.3 Å². The van der Waals surface area contributed by atoms with E-state index in [1.807, 2.05) is 18.2 Å². The number of rotatable bonds is 2. The molecule has 2 N–H and O–H groups in total. The Morgan fingerprint density at radius 2 is 2.05 bits per heavy atom. The first-order valence-electron chi connectivity index (χ1n) is 6.49. The van der Waals surface area contributed by atoms with Crippen LogP contribution in [0.5, 0.6) is 0 Å². The Bertz CT molecular complexity index is 669. The number of hydrogen-bond acceptors (Lipinski definition) is 2. The highest BCUT2D eigenvalue weighted by Gasteiger charge is 2.25. The van der Waals surface area contributed by atoms with E-state index in [0.29, 0.717) is 5.56 Å². The molecule has 0 radical (unpaired) electrons. The molecular weight excluding hydrogens is 257 g/mol. The number of halogens is 1. The normalized spacial score (nSPS) is 16.8. The number of amides is 1. The molecule has 2 aromatic carbocycles. The Labute approximate surface area is 116 Å². The van der Waals surface area contributed by atoms with Crippen molar-refractivity contribution in [1.29, 1.82) is 0 Å². The van der Waals surface area contributed by atoms with Crippen molar-refractivity contribution in [2.45, 2.75) is 18.9 Å². The van der Waals surface area contributed by atoms with Gasteiger partial charge in [0.25, 0.3) is 0 Å². The third kappa shape index (κ3) is 2.25. The average Bonchev–Trinajstić information content (AvgIpc) is 2.81. The van der Waals surface area contributed by atoms with Crippen LogP contribution >= 0.6 is 0 Å². The van der Waals surface area contributed by atoms with Crippen molar-refractivity contribution in [2.24, 2.45) is 5.73 Å². The van der Waals surface area contributed by atoms with Gasteiger partial charge >= 0.3 is 6.09 Å². The van der Waals surface area contributed by atoms with E-state index >= 15 is 0 Å². The van der Waals surface area contributed by atoms with E-state index in [1.54, 1.807) is 18.2 Å². The molecule has 1 atom stereocenters. The largest absolute Gasteiger partial charge is 0.441 e. The summed E-state index contributed by atoms with van der Waals surface area (Å²) in [7, 11) is 0. The van der Waals surface area contributed by atoms with E-state index in [-0.39, 0.29) is 11.9 Å². The first-order valence-corrected chi connectivity index (χ1v) is 6.49. The van der Waals surface area contributed by atoms with Gasteiger partial charge in [-0.3, -0.25) is 0 Å². The summed E-state index contributed by atoms with van der Waals surface area (Å²) in [5, 5.41) is 0. The predicted octanol–water partition coefficient (Wildman–Crippen LogP) is 3.58. The molecule has 0 bridgehead atoms. The number of aryl methyl sites for hydroxylation is 1. The van der Waals surface area contributed by atoms with E-state index in [1.165, 1.54) is 6.07 Å². The molecule has 0 aromatic heterocycles. The van der Waals surface area contributed by atoms with Crippen molar-refractivity contribution in [1.82, 2.24) is 0 Å². The van der Waals surface area contributed by atoms with Crippen LogP contribution in [0.3, 0.4) is 0 Å². The number of hydrogen-bond donors (Lipinski definition) is 1. The van der Waals surface area contributed by atoms with Crippen LogP contribution in [0, 0.1) is 5.82 Å². The zero-order chi connectivity index (χ0) is 14.1. The highest BCUT2D eigenvalue weighted by molar-refractivity contribution is 5.68. The maximum atomic E-state index is 13.8. The molecule has 3 rings (SSSR count). The maximum absolute atomic E-state index is 13.8. The SMILES string of the molecule is NC(=O)OC1CCc2ccc(-c3ccccc3F)cc21. The Hall–Kier alpha value is -2.36. The van der Waals surface area contributed by atoms with Gasteiger partial charge in [-0.2, -0.15) is 0 Å². The fraction of sp³-hybridized carbons (Fsp3) is 0.188. The number of fused-ring (bicyclic) bond motifs is 1. The number of carbonyl (C=O) groups is 1. The molecule has 2 aromatic rings. The molecule has 0 aliphatic heterocycles. The lowest BCUT2D eigenvalue weighted by Crippen LogP contribution is -2.15. The van der Waals surface area contributed by atoms with Gasteiger partial charge < -0.3 is 10.5 Å². The minimum Gasteiger partial charge on any atom is -0.441 e. The third-order valence-electron chi connectivity index (χ3n) is 3.61. The van der Waals surface area contributed by atoms with Gasteiger partial charge in [-0.15, -0.1) is 0 Å². The maximum Gasteiger partial charge on any atom is 0.405 e. The van der Waals surface area contributed by atoms with Crippen molar-refractivity contribution in [3.8, 4) is 11.1 Å². The second-order valence-electron chi connectivity index (χ2n) is 4.86. The van der Waals surface area contributed by atoms with Gasteiger partial charge in [0.15, 0.2) is 0 Å². The summed E-state index contributed by atoms with van der Waals surface area (Å²) in [5.41, 5.74) is 8.45. The Morgan fingerprint density at radius 3 is 2.80 bits per heavy atom. The van der Waals surface area contributed by atoms with Crippen LogP contribution in [0.15, 0.2) is 42.5 Å². The summed E-state index contributed by atoms with van der Waals surface area (Å²) >= 11 is 0. The highest BCUT2D eigenvalue weighted by atomic mass is 19.1. The van der Waals surface area contributed by atoms with Gasteiger partial charge in [-0.25, -0.2) is 9.18 Å². The van der Waals surface area contributed by atoms with Crippen LogP contribution in [-0.2, 0) is 11.2 Å². The molecule has 0 spiro atoms. The summed E-state index contributed by atoms with van der Waals surface area (Å²) < 4.78 is 18.9. The molecule has 4 heteroatoms. The van der Waals surface area contributed by atoms with Crippen LogP contribution in [0.25, 0.3) is 11.1 Å². The summed E-state index contributed by atoms with van der Waals surface area (Å²) in [5.74, 6) is -0.266. The van der Waals surface area contributed by atoms with Crippen LogP contribution < -0.4 is 5.73 Å². The van der Waals surface area contributed by atoms with E-state index in [9.17, 15) is 9.18 Å². The Balaban J connectivity index is 2.01. The van der Waals surface area contributed by atoms with E-state index < -0.39 is 6.09 Å². The zero-order valence-electron chi connectivity index (χ0n) is 10.8. The summed E-state index contributed by atoms with van der Waals surface area (Å²) in [6.45, 7) is 0. The monoisotopic (exact) mass is 271 g/mol. The lowest BCUT2D eigenvalue weighted by atomic mass is 9.99. The molecule has 20 heavy (non-hydrogen) atoms. The molecule has 1 aliphatic carbocycles. The second-order valence-corrected chi connectivity index (χ2v) is 4.86. The highest BCUT2D eigenvalue weighted by Crippen LogP contribution is 2.37. The molecule has 3 nitrogen and oxygen atoms in total. The molecule has 1 aliphatic rings. The molecule has 0 saturated carbocycles. The minimum absolute atomic E-state index is 0.266. The quantitative estimate of drug-likeness (QED) is 0.907. The lowest BCUT2D eigenvalue weighted by molar-refractivity contribution is 0.107. The minimum atomic E-state index is -0.779. The van der Waals surface area contributed by atoms with Crippen molar-refractivity contribution in [2.75, 3.05) is 0 Å². The van der Waals surface area contributed by atoms with Crippen molar-refractivity contribution in [3.05, 3.63) is 59.4 Å². The first-order chi connectivity index (χ1) is 9.65. The first kappa shape index (κ1) is 12.7. The van der Waals surface area contributed by atoms with Crippen LogP contribution in [0.1, 0.15) is 23.7 Å². The third-order valence-corrected chi connectivity index (χ3v) is 3.61. The van der Waals surface area contributed by atoms with Gasteiger partial charge in [-0.1, -0.05) is 30.3 Å². The number of carbonyl (C=O) groups excluding carboxylic acids is 1. The van der Waals surface area contributed by atoms with Crippen LogP contribution in [0.2, 0.25) is 0 Å².